The third-order valence-corrected chi connectivity index (χ3v) is 4.87. The van der Waals surface area contributed by atoms with Crippen molar-refractivity contribution in [3.8, 4) is 11.5 Å². The molecule has 2 N–H and O–H groups in total. The minimum atomic E-state index is -0.596. The van der Waals surface area contributed by atoms with Gasteiger partial charge in [0, 0.05) is 18.3 Å². The molecule has 148 valence electrons. The van der Waals surface area contributed by atoms with Crippen molar-refractivity contribution >= 4 is 34.9 Å². The summed E-state index contributed by atoms with van der Waals surface area (Å²) in [5.41, 5.74) is 2.33. The number of hydrogen-bond donors (Lipinski definition) is 2. The highest BCUT2D eigenvalue weighted by Gasteiger charge is 2.33. The van der Waals surface area contributed by atoms with Crippen LogP contribution in [0.1, 0.15) is 12.0 Å². The first-order valence-electron chi connectivity index (χ1n) is 8.80. The Kier molecular flexibility index (Phi) is 5.94. The van der Waals surface area contributed by atoms with Gasteiger partial charge in [-0.15, -0.1) is 0 Å². The predicted octanol–water partition coefficient (Wildman–Crippen LogP) is 3.59. The van der Waals surface area contributed by atoms with Crippen molar-refractivity contribution in [2.45, 2.75) is 19.4 Å². The van der Waals surface area contributed by atoms with Gasteiger partial charge in [0.25, 0.3) is 0 Å². The topological polar surface area (TPSA) is 79.9 Å². The molecular formula is C20H22ClN3O4. The van der Waals surface area contributed by atoms with Gasteiger partial charge < -0.3 is 25.0 Å². The lowest BCUT2D eigenvalue weighted by atomic mass is 10.2. The Hall–Kier alpha value is -2.93. The van der Waals surface area contributed by atoms with Gasteiger partial charge in [-0.1, -0.05) is 29.3 Å². The summed E-state index contributed by atoms with van der Waals surface area (Å²) in [5, 5.41) is 5.73. The van der Waals surface area contributed by atoms with E-state index in [0.717, 1.165) is 11.3 Å². The Bertz CT molecular complexity index is 886. The van der Waals surface area contributed by atoms with Crippen LogP contribution >= 0.6 is 11.6 Å². The van der Waals surface area contributed by atoms with E-state index in [9.17, 15) is 9.59 Å². The SMILES string of the molecule is COc1cc(OC)c(NC(=O)N[C@@H]2CCN(c3ccc(C)cc3)C2=O)cc1Cl. The minimum absolute atomic E-state index is 0.140. The molecule has 0 saturated carbocycles. The number of rotatable bonds is 5. The Balaban J connectivity index is 1.66. The van der Waals surface area contributed by atoms with Crippen LogP contribution in [0, 0.1) is 6.92 Å². The second-order valence-electron chi connectivity index (χ2n) is 6.45. The normalized spacial score (nSPS) is 16.1. The fraction of sp³-hybridized carbons (Fsp3) is 0.300. The molecule has 2 aromatic carbocycles. The Morgan fingerprint density at radius 3 is 2.46 bits per heavy atom. The van der Waals surface area contributed by atoms with E-state index in [4.69, 9.17) is 21.1 Å². The molecule has 1 fully saturated rings. The van der Waals surface area contributed by atoms with Gasteiger partial charge in [-0.2, -0.15) is 0 Å². The molecule has 0 aliphatic carbocycles. The van der Waals surface area contributed by atoms with Crippen molar-refractivity contribution < 1.29 is 19.1 Å². The average Bonchev–Trinajstić information content (AvgIpc) is 3.03. The molecule has 1 atom stereocenters. The van der Waals surface area contributed by atoms with Gasteiger partial charge in [0.15, 0.2) is 0 Å². The summed E-state index contributed by atoms with van der Waals surface area (Å²) in [7, 11) is 2.97. The molecule has 2 aromatic rings. The number of benzene rings is 2. The number of methoxy groups -OCH3 is 2. The van der Waals surface area contributed by atoms with E-state index in [1.807, 2.05) is 31.2 Å². The van der Waals surface area contributed by atoms with Gasteiger partial charge in [0.2, 0.25) is 5.91 Å². The zero-order chi connectivity index (χ0) is 20.3. The molecule has 0 radical (unpaired) electrons. The zero-order valence-corrected chi connectivity index (χ0v) is 16.7. The maximum absolute atomic E-state index is 12.7. The van der Waals surface area contributed by atoms with Gasteiger partial charge in [-0.25, -0.2) is 4.79 Å². The molecule has 1 heterocycles. The molecule has 1 aliphatic rings. The molecule has 0 spiro atoms. The molecule has 0 aromatic heterocycles. The van der Waals surface area contributed by atoms with Crippen LogP contribution in [-0.2, 0) is 4.79 Å². The molecule has 0 bridgehead atoms. The van der Waals surface area contributed by atoms with Crippen LogP contribution in [0.2, 0.25) is 5.02 Å². The molecule has 1 aliphatic heterocycles. The van der Waals surface area contributed by atoms with Gasteiger partial charge in [-0.3, -0.25) is 4.79 Å². The number of carbonyl (C=O) groups excluding carboxylic acids is 2. The molecule has 7 nitrogen and oxygen atoms in total. The summed E-state index contributed by atoms with van der Waals surface area (Å²) in [5.74, 6) is 0.693. The lowest BCUT2D eigenvalue weighted by Crippen LogP contribution is -2.43. The number of urea groups is 1. The molecule has 0 unspecified atom stereocenters. The fourth-order valence-electron chi connectivity index (χ4n) is 3.07. The highest BCUT2D eigenvalue weighted by Crippen LogP contribution is 2.35. The number of ether oxygens (including phenoxy) is 2. The maximum atomic E-state index is 12.7. The Morgan fingerprint density at radius 2 is 1.82 bits per heavy atom. The molecule has 3 amide bonds. The number of hydrogen-bond acceptors (Lipinski definition) is 4. The van der Waals surface area contributed by atoms with Crippen molar-refractivity contribution in [2.24, 2.45) is 0 Å². The highest BCUT2D eigenvalue weighted by atomic mass is 35.5. The monoisotopic (exact) mass is 403 g/mol. The number of aryl methyl sites for hydroxylation is 1. The van der Waals surface area contributed by atoms with Crippen molar-refractivity contribution in [3.05, 3.63) is 47.0 Å². The number of anilines is 2. The van der Waals surface area contributed by atoms with Crippen LogP contribution in [0.4, 0.5) is 16.2 Å². The minimum Gasteiger partial charge on any atom is -0.495 e. The van der Waals surface area contributed by atoms with Crippen LogP contribution in [0.3, 0.4) is 0 Å². The quantitative estimate of drug-likeness (QED) is 0.799. The Morgan fingerprint density at radius 1 is 1.14 bits per heavy atom. The number of nitrogens with one attached hydrogen (secondary N) is 2. The summed E-state index contributed by atoms with van der Waals surface area (Å²) in [6.07, 6.45) is 0.528. The second kappa shape index (κ2) is 8.39. The zero-order valence-electron chi connectivity index (χ0n) is 15.9. The second-order valence-corrected chi connectivity index (χ2v) is 6.86. The highest BCUT2D eigenvalue weighted by molar-refractivity contribution is 6.32. The average molecular weight is 404 g/mol. The molecule has 28 heavy (non-hydrogen) atoms. The van der Waals surface area contributed by atoms with Crippen LogP contribution in [0.25, 0.3) is 0 Å². The lowest BCUT2D eigenvalue weighted by Gasteiger charge is -2.18. The number of halogens is 1. The first-order chi connectivity index (χ1) is 13.4. The molecule has 1 saturated heterocycles. The van der Waals surface area contributed by atoms with Crippen molar-refractivity contribution in [1.29, 1.82) is 0 Å². The number of amides is 3. The molecular weight excluding hydrogens is 382 g/mol. The van der Waals surface area contributed by atoms with Crippen molar-refractivity contribution in [1.82, 2.24) is 5.32 Å². The standard InChI is InChI=1S/C20H22ClN3O4/c1-12-4-6-13(7-5-12)24-9-8-15(19(24)25)22-20(26)23-16-10-14(21)17(27-2)11-18(16)28-3/h4-7,10-11,15H,8-9H2,1-3H3,(H2,22,23,26)/t15-/m1/s1. The fourth-order valence-corrected chi connectivity index (χ4v) is 3.31. The van der Waals surface area contributed by atoms with Crippen molar-refractivity contribution in [3.63, 3.8) is 0 Å². The van der Waals surface area contributed by atoms with E-state index < -0.39 is 12.1 Å². The van der Waals surface area contributed by atoms with Crippen LogP contribution in [0.5, 0.6) is 11.5 Å². The van der Waals surface area contributed by atoms with Gasteiger partial charge in [-0.05, 0) is 31.5 Å². The summed E-state index contributed by atoms with van der Waals surface area (Å²) >= 11 is 6.12. The summed E-state index contributed by atoms with van der Waals surface area (Å²) in [6, 6.07) is 9.72. The van der Waals surface area contributed by atoms with Gasteiger partial charge in [0.1, 0.15) is 17.5 Å². The number of nitrogens with zero attached hydrogens (tertiary/aromatic N) is 1. The summed E-state index contributed by atoms with van der Waals surface area (Å²) in [6.45, 7) is 2.54. The van der Waals surface area contributed by atoms with Crippen molar-refractivity contribution in [2.75, 3.05) is 31.0 Å². The van der Waals surface area contributed by atoms with Crippen LogP contribution in [0.15, 0.2) is 36.4 Å². The third kappa shape index (κ3) is 4.14. The van der Waals surface area contributed by atoms with E-state index in [-0.39, 0.29) is 5.91 Å². The smallest absolute Gasteiger partial charge is 0.319 e. The van der Waals surface area contributed by atoms with E-state index in [2.05, 4.69) is 10.6 Å². The van der Waals surface area contributed by atoms with Crippen LogP contribution in [-0.4, -0.2) is 38.7 Å². The molecule has 3 rings (SSSR count). The van der Waals surface area contributed by atoms with E-state index in [0.29, 0.717) is 35.2 Å². The van der Waals surface area contributed by atoms with Gasteiger partial charge >= 0.3 is 6.03 Å². The lowest BCUT2D eigenvalue weighted by molar-refractivity contribution is -0.118. The first kappa shape index (κ1) is 19.8. The van der Waals surface area contributed by atoms with E-state index in [1.165, 1.54) is 20.3 Å². The van der Waals surface area contributed by atoms with Crippen LogP contribution < -0.4 is 25.0 Å². The maximum Gasteiger partial charge on any atom is 0.319 e. The van der Waals surface area contributed by atoms with E-state index >= 15 is 0 Å². The third-order valence-electron chi connectivity index (χ3n) is 4.58. The largest absolute Gasteiger partial charge is 0.495 e. The molecule has 8 heteroatoms. The van der Waals surface area contributed by atoms with E-state index in [1.54, 1.807) is 11.0 Å². The first-order valence-corrected chi connectivity index (χ1v) is 9.18. The summed E-state index contributed by atoms with van der Waals surface area (Å²) in [4.78, 5) is 26.7. The predicted molar refractivity (Wildman–Crippen MR) is 109 cm³/mol. The Labute approximate surface area is 168 Å². The summed E-state index contributed by atoms with van der Waals surface area (Å²) < 4.78 is 10.4. The number of carbonyl (C=O) groups is 2. The van der Waals surface area contributed by atoms with Gasteiger partial charge in [0.05, 0.1) is 24.9 Å².